The van der Waals surface area contributed by atoms with Crippen molar-refractivity contribution in [1.82, 2.24) is 10.2 Å². The van der Waals surface area contributed by atoms with Crippen LogP contribution in [0.2, 0.25) is 0 Å². The van der Waals surface area contributed by atoms with Gasteiger partial charge in [-0.3, -0.25) is 9.69 Å². The van der Waals surface area contributed by atoms with E-state index in [1.807, 2.05) is 36.4 Å². The van der Waals surface area contributed by atoms with Crippen LogP contribution in [0, 0.1) is 10.7 Å². The lowest BCUT2D eigenvalue weighted by molar-refractivity contribution is -0.123. The van der Waals surface area contributed by atoms with Gasteiger partial charge in [0.25, 0.3) is 5.91 Å². The topological polar surface area (TPSA) is 58.6 Å². The third kappa shape index (κ3) is 6.28. The van der Waals surface area contributed by atoms with Gasteiger partial charge in [-0.2, -0.15) is 0 Å². The molecule has 0 spiro atoms. The van der Waals surface area contributed by atoms with Crippen molar-refractivity contribution in [3.05, 3.63) is 98.2 Å². The maximum absolute atomic E-state index is 12.8. The highest BCUT2D eigenvalue weighted by Crippen LogP contribution is 2.31. The van der Waals surface area contributed by atoms with Crippen LogP contribution in [0.15, 0.2) is 70.8 Å². The molecule has 33 heavy (non-hydrogen) atoms. The van der Waals surface area contributed by atoms with Gasteiger partial charge in [0.2, 0.25) is 0 Å². The molecule has 0 unspecified atom stereocenters. The van der Waals surface area contributed by atoms with Crippen LogP contribution >= 0.6 is 83.7 Å². The van der Waals surface area contributed by atoms with Crippen molar-refractivity contribution in [1.29, 1.82) is 0 Å². The predicted octanol–water partition coefficient (Wildman–Crippen LogP) is 6.93. The number of amides is 3. The van der Waals surface area contributed by atoms with E-state index in [9.17, 15) is 9.59 Å². The van der Waals surface area contributed by atoms with Crippen LogP contribution in [-0.2, 0) is 17.9 Å². The molecule has 0 aliphatic carbocycles. The molecule has 3 aromatic carbocycles. The second-order valence-electron chi connectivity index (χ2n) is 7.23. The van der Waals surface area contributed by atoms with Crippen LogP contribution in [0.25, 0.3) is 6.08 Å². The molecule has 1 saturated heterocycles. The average molecular weight is 841 g/mol. The molecule has 1 aliphatic rings. The second kappa shape index (κ2) is 11.0. The Labute approximate surface area is 240 Å². The van der Waals surface area contributed by atoms with Gasteiger partial charge in [0.15, 0.2) is 0 Å². The Morgan fingerprint density at radius 3 is 2.15 bits per heavy atom. The SMILES string of the molecule is O=C1N/C(=C/c2cc(I)c(OCc3ccc(I)cc3)c(I)c2)C(=O)N1Cc1ccc(Br)cc1. The molecule has 0 atom stereocenters. The van der Waals surface area contributed by atoms with Gasteiger partial charge in [-0.1, -0.05) is 40.2 Å². The van der Waals surface area contributed by atoms with Gasteiger partial charge in [0, 0.05) is 8.04 Å². The van der Waals surface area contributed by atoms with Gasteiger partial charge < -0.3 is 10.1 Å². The van der Waals surface area contributed by atoms with Crippen LogP contribution in [0.5, 0.6) is 5.75 Å². The third-order valence-electron chi connectivity index (χ3n) is 4.84. The van der Waals surface area contributed by atoms with Gasteiger partial charge >= 0.3 is 6.03 Å². The number of hydrogen-bond acceptors (Lipinski definition) is 3. The van der Waals surface area contributed by atoms with Crippen molar-refractivity contribution in [3.8, 4) is 5.75 Å². The number of hydrogen-bond donors (Lipinski definition) is 1. The molecule has 0 aromatic heterocycles. The van der Waals surface area contributed by atoms with Crippen molar-refractivity contribution in [2.24, 2.45) is 0 Å². The molecule has 168 valence electrons. The zero-order chi connectivity index (χ0) is 23.5. The maximum Gasteiger partial charge on any atom is 0.329 e. The summed E-state index contributed by atoms with van der Waals surface area (Å²) in [5, 5.41) is 2.69. The predicted molar refractivity (Wildman–Crippen MR) is 157 cm³/mol. The quantitative estimate of drug-likeness (QED) is 0.167. The number of rotatable bonds is 6. The normalized spacial score (nSPS) is 14.7. The molecule has 0 radical (unpaired) electrons. The molecule has 3 aromatic rings. The number of nitrogens with zero attached hydrogens (tertiary/aromatic N) is 1. The first-order valence-electron chi connectivity index (χ1n) is 9.75. The summed E-state index contributed by atoms with van der Waals surface area (Å²) in [6.45, 7) is 0.693. The van der Waals surface area contributed by atoms with Crippen molar-refractivity contribution in [2.45, 2.75) is 13.2 Å². The van der Waals surface area contributed by atoms with E-state index in [1.54, 1.807) is 6.08 Å². The first kappa shape index (κ1) is 24.9. The minimum atomic E-state index is -0.420. The number of urea groups is 1. The molecule has 3 amide bonds. The molecule has 9 heteroatoms. The Balaban J connectivity index is 1.49. The summed E-state index contributed by atoms with van der Waals surface area (Å²) in [7, 11) is 0. The monoisotopic (exact) mass is 840 g/mol. The first-order chi connectivity index (χ1) is 15.8. The standard InChI is InChI=1S/C24H16BrI3N2O3/c25-17-5-1-14(2-6-17)12-30-23(31)21(29-24(30)32)11-16-9-19(27)22(20(28)10-16)33-13-15-3-7-18(26)8-4-15/h1-11H,12-13H2,(H,29,32)/b21-11+. The fourth-order valence-corrected chi connectivity index (χ4v) is 5.94. The molecular formula is C24H16BrI3N2O3. The highest BCUT2D eigenvalue weighted by Gasteiger charge is 2.33. The fraction of sp³-hybridized carbons (Fsp3) is 0.0833. The smallest absolute Gasteiger partial charge is 0.329 e. The zero-order valence-corrected chi connectivity index (χ0v) is 25.0. The summed E-state index contributed by atoms with van der Waals surface area (Å²) in [6.07, 6.45) is 1.70. The minimum absolute atomic E-state index is 0.218. The summed E-state index contributed by atoms with van der Waals surface area (Å²) in [6, 6.07) is 19.2. The van der Waals surface area contributed by atoms with E-state index < -0.39 is 6.03 Å². The first-order valence-corrected chi connectivity index (χ1v) is 13.8. The number of benzene rings is 3. The zero-order valence-electron chi connectivity index (χ0n) is 16.9. The highest BCUT2D eigenvalue weighted by atomic mass is 127. The van der Waals surface area contributed by atoms with E-state index in [0.29, 0.717) is 6.61 Å². The van der Waals surface area contributed by atoms with Gasteiger partial charge in [0.1, 0.15) is 18.1 Å². The summed E-state index contributed by atoms with van der Waals surface area (Å²) < 4.78 is 10.0. The van der Waals surface area contributed by atoms with Gasteiger partial charge in [0.05, 0.1) is 13.7 Å². The van der Waals surface area contributed by atoms with E-state index in [-0.39, 0.29) is 18.1 Å². The van der Waals surface area contributed by atoms with Crippen molar-refractivity contribution < 1.29 is 14.3 Å². The van der Waals surface area contributed by atoms with Crippen LogP contribution in [0.3, 0.4) is 0 Å². The number of carbonyl (C=O) groups is 2. The maximum atomic E-state index is 12.8. The van der Waals surface area contributed by atoms with Crippen LogP contribution in [0.1, 0.15) is 16.7 Å². The molecule has 0 saturated carbocycles. The fourth-order valence-electron chi connectivity index (χ4n) is 3.19. The number of ether oxygens (including phenoxy) is 1. The van der Waals surface area contributed by atoms with E-state index in [1.165, 1.54) is 8.47 Å². The Bertz CT molecular complexity index is 1220. The van der Waals surface area contributed by atoms with Gasteiger partial charge in [-0.15, -0.1) is 0 Å². The molecule has 0 bridgehead atoms. The minimum Gasteiger partial charge on any atom is -0.487 e. The average Bonchev–Trinajstić information content (AvgIpc) is 3.03. The molecule has 4 rings (SSSR count). The Hall–Kier alpha value is -1.19. The number of carbonyl (C=O) groups excluding carboxylic acids is 2. The van der Waals surface area contributed by atoms with E-state index in [0.717, 1.165) is 34.1 Å². The van der Waals surface area contributed by atoms with Gasteiger partial charge in [-0.25, -0.2) is 4.79 Å². The Morgan fingerprint density at radius 2 is 1.52 bits per heavy atom. The summed E-state index contributed by atoms with van der Waals surface area (Å²) >= 11 is 10.1. The Kier molecular flexibility index (Phi) is 8.33. The van der Waals surface area contributed by atoms with Crippen molar-refractivity contribution >= 4 is 102 Å². The molecular weight excluding hydrogens is 825 g/mol. The molecule has 1 fully saturated rings. The largest absolute Gasteiger partial charge is 0.487 e. The number of nitrogens with one attached hydrogen (secondary N) is 1. The lowest BCUT2D eigenvalue weighted by Crippen LogP contribution is -2.30. The molecule has 5 nitrogen and oxygen atoms in total. The van der Waals surface area contributed by atoms with Crippen molar-refractivity contribution in [3.63, 3.8) is 0 Å². The second-order valence-corrected chi connectivity index (χ2v) is 11.7. The van der Waals surface area contributed by atoms with Crippen molar-refractivity contribution in [2.75, 3.05) is 0 Å². The lowest BCUT2D eigenvalue weighted by atomic mass is 10.1. The van der Waals surface area contributed by atoms with Gasteiger partial charge in [-0.05, 0) is 127 Å². The highest BCUT2D eigenvalue weighted by molar-refractivity contribution is 14.1. The third-order valence-corrected chi connectivity index (χ3v) is 7.69. The summed E-state index contributed by atoms with van der Waals surface area (Å²) in [5.41, 5.74) is 3.05. The number of halogens is 4. The van der Waals surface area contributed by atoms with Crippen LogP contribution in [0.4, 0.5) is 4.79 Å². The molecule has 1 heterocycles. The molecule has 1 N–H and O–H groups in total. The molecule has 1 aliphatic heterocycles. The summed E-state index contributed by atoms with van der Waals surface area (Å²) in [4.78, 5) is 26.5. The van der Waals surface area contributed by atoms with Crippen LogP contribution < -0.4 is 10.1 Å². The van der Waals surface area contributed by atoms with E-state index in [2.05, 4.69) is 113 Å². The van der Waals surface area contributed by atoms with Crippen LogP contribution in [-0.4, -0.2) is 16.8 Å². The van der Waals surface area contributed by atoms with E-state index >= 15 is 0 Å². The van der Waals surface area contributed by atoms with E-state index in [4.69, 9.17) is 4.74 Å². The summed E-state index contributed by atoms with van der Waals surface area (Å²) in [5.74, 6) is 0.461. The lowest BCUT2D eigenvalue weighted by Gasteiger charge is -2.12. The number of imide groups is 1. The Morgan fingerprint density at radius 1 is 0.909 bits per heavy atom.